The Labute approximate surface area is 160 Å². The lowest BCUT2D eigenvalue weighted by molar-refractivity contribution is 0.0695. The number of pyridine rings is 1. The van der Waals surface area contributed by atoms with Gasteiger partial charge in [-0.05, 0) is 6.07 Å². The van der Waals surface area contributed by atoms with Gasteiger partial charge in [-0.15, -0.1) is 12.4 Å². The molecule has 2 aromatic rings. The fraction of sp³-hybridized carbons (Fsp3) is 0.375. The summed E-state index contributed by atoms with van der Waals surface area (Å²) >= 11 is 0. The topological polar surface area (TPSA) is 127 Å². The number of nitrogens with zero attached hydrogens (tertiary/aromatic N) is 2. The second kappa shape index (κ2) is 8.89. The number of halogens is 2. The number of aromatic carboxylic acids is 1. The minimum atomic E-state index is -1.37. The molecular weight excluding hydrogens is 383 g/mol. The van der Waals surface area contributed by atoms with Crippen LogP contribution in [0.2, 0.25) is 0 Å². The van der Waals surface area contributed by atoms with Crippen LogP contribution < -0.4 is 25.8 Å². The van der Waals surface area contributed by atoms with Crippen molar-refractivity contribution in [1.29, 1.82) is 0 Å². The van der Waals surface area contributed by atoms with E-state index in [-0.39, 0.29) is 34.7 Å². The van der Waals surface area contributed by atoms with E-state index >= 15 is 0 Å². The number of benzene rings is 1. The normalized spacial score (nSPS) is 13.5. The first-order chi connectivity index (χ1) is 12.0. The van der Waals surface area contributed by atoms with Crippen LogP contribution in [0.5, 0.6) is 5.75 Å². The van der Waals surface area contributed by atoms with Crippen LogP contribution in [0.1, 0.15) is 10.4 Å². The van der Waals surface area contributed by atoms with Gasteiger partial charge in [-0.3, -0.25) is 9.47 Å². The standard InChI is InChI=1S/C16H19FN4O4.ClH.H2O/c1-18-21-8-10(16(23)24)14(22)9-7-11(17)13(15(25-2)12(9)21)20-5-3-19-4-6-20;;/h7-8,18-19H,3-6H2,1-2H3,(H,23,24);1H;1H2. The van der Waals surface area contributed by atoms with E-state index in [0.717, 1.165) is 6.07 Å². The molecular formula is C16H22ClFN4O5. The molecule has 0 atom stereocenters. The van der Waals surface area contributed by atoms with E-state index in [1.165, 1.54) is 18.0 Å². The molecule has 0 radical (unpaired) electrons. The van der Waals surface area contributed by atoms with Crippen molar-refractivity contribution < 1.29 is 24.5 Å². The number of fused-ring (bicyclic) bond motifs is 1. The molecule has 27 heavy (non-hydrogen) atoms. The van der Waals surface area contributed by atoms with Crippen LogP contribution in [0.15, 0.2) is 17.1 Å². The summed E-state index contributed by atoms with van der Waals surface area (Å²) in [6.07, 6.45) is 1.18. The van der Waals surface area contributed by atoms with Crippen molar-refractivity contribution in [2.75, 3.05) is 50.7 Å². The molecule has 1 aliphatic rings. The van der Waals surface area contributed by atoms with Crippen molar-refractivity contribution in [2.45, 2.75) is 0 Å². The Hall–Kier alpha value is -2.56. The average Bonchev–Trinajstić information content (AvgIpc) is 2.61. The highest BCUT2D eigenvalue weighted by molar-refractivity contribution is 5.97. The molecule has 0 bridgehead atoms. The van der Waals surface area contributed by atoms with Crippen LogP contribution >= 0.6 is 12.4 Å². The molecule has 0 spiro atoms. The van der Waals surface area contributed by atoms with Gasteiger partial charge in [0.15, 0.2) is 11.6 Å². The van der Waals surface area contributed by atoms with Gasteiger partial charge in [0.25, 0.3) is 0 Å². The Morgan fingerprint density at radius 1 is 1.37 bits per heavy atom. The van der Waals surface area contributed by atoms with Crippen molar-refractivity contribution in [2.24, 2.45) is 0 Å². The lowest BCUT2D eigenvalue weighted by atomic mass is 10.1. The van der Waals surface area contributed by atoms with Gasteiger partial charge in [0.2, 0.25) is 5.43 Å². The summed E-state index contributed by atoms with van der Waals surface area (Å²) in [6, 6.07) is 1.08. The van der Waals surface area contributed by atoms with E-state index in [1.54, 1.807) is 7.05 Å². The van der Waals surface area contributed by atoms with Gasteiger partial charge in [0.05, 0.1) is 12.5 Å². The Morgan fingerprint density at radius 2 is 2.00 bits per heavy atom. The zero-order chi connectivity index (χ0) is 18.1. The van der Waals surface area contributed by atoms with E-state index in [9.17, 15) is 19.1 Å². The summed E-state index contributed by atoms with van der Waals surface area (Å²) in [5.74, 6) is -1.80. The second-order valence-corrected chi connectivity index (χ2v) is 5.64. The number of carboxylic acid groups (broad SMARTS) is 1. The molecule has 1 aliphatic heterocycles. The van der Waals surface area contributed by atoms with Crippen molar-refractivity contribution in [3.8, 4) is 5.75 Å². The van der Waals surface area contributed by atoms with Crippen LogP contribution in [-0.4, -0.2) is 61.6 Å². The number of carbonyl (C=O) groups is 1. The number of anilines is 1. The molecule has 3 rings (SSSR count). The number of hydrogen-bond donors (Lipinski definition) is 3. The molecule has 0 aliphatic carbocycles. The van der Waals surface area contributed by atoms with Gasteiger partial charge in [0.1, 0.15) is 16.8 Å². The van der Waals surface area contributed by atoms with E-state index in [1.807, 2.05) is 4.90 Å². The molecule has 1 fully saturated rings. The van der Waals surface area contributed by atoms with Gasteiger partial charge in [-0.1, -0.05) is 0 Å². The smallest absolute Gasteiger partial charge is 0.341 e. The largest absolute Gasteiger partial charge is 0.492 e. The van der Waals surface area contributed by atoms with Crippen LogP contribution in [0.3, 0.4) is 0 Å². The van der Waals surface area contributed by atoms with Crippen molar-refractivity contribution in [1.82, 2.24) is 9.99 Å². The van der Waals surface area contributed by atoms with Gasteiger partial charge in [-0.25, -0.2) is 9.18 Å². The molecule has 9 nitrogen and oxygen atoms in total. The summed E-state index contributed by atoms with van der Waals surface area (Å²) < 4.78 is 21.6. The van der Waals surface area contributed by atoms with Gasteiger partial charge >= 0.3 is 5.97 Å². The van der Waals surface area contributed by atoms with E-state index in [4.69, 9.17) is 4.74 Å². The molecule has 0 amide bonds. The average molecular weight is 405 g/mol. The number of hydrogen-bond acceptors (Lipinski definition) is 6. The van der Waals surface area contributed by atoms with Crippen LogP contribution in [-0.2, 0) is 0 Å². The molecule has 1 saturated heterocycles. The van der Waals surface area contributed by atoms with E-state index in [0.29, 0.717) is 31.7 Å². The Balaban J connectivity index is 0.00000182. The minimum absolute atomic E-state index is 0. The monoisotopic (exact) mass is 404 g/mol. The van der Waals surface area contributed by atoms with E-state index in [2.05, 4.69) is 10.7 Å². The lowest BCUT2D eigenvalue weighted by Crippen LogP contribution is -2.44. The SMILES string of the molecule is CNn1cc(C(=O)O)c(=O)c2cc(F)c(N3CCNCC3)c(OC)c21.Cl.O. The van der Waals surface area contributed by atoms with Crippen molar-refractivity contribution in [3.63, 3.8) is 0 Å². The second-order valence-electron chi connectivity index (χ2n) is 5.64. The fourth-order valence-electron chi connectivity index (χ4n) is 3.12. The van der Waals surface area contributed by atoms with Crippen molar-refractivity contribution in [3.05, 3.63) is 33.9 Å². The van der Waals surface area contributed by atoms with Crippen LogP contribution in [0, 0.1) is 5.82 Å². The highest BCUT2D eigenvalue weighted by Gasteiger charge is 2.26. The summed E-state index contributed by atoms with van der Waals surface area (Å²) in [6.45, 7) is 2.60. The highest BCUT2D eigenvalue weighted by atomic mass is 35.5. The Morgan fingerprint density at radius 3 is 2.52 bits per heavy atom. The number of carboxylic acids is 1. The number of aromatic nitrogens is 1. The van der Waals surface area contributed by atoms with Crippen LogP contribution in [0.25, 0.3) is 10.9 Å². The molecule has 0 saturated carbocycles. The number of rotatable bonds is 4. The Bertz CT molecular complexity index is 899. The molecule has 2 heterocycles. The number of piperazine rings is 1. The number of methoxy groups -OCH3 is 1. The van der Waals surface area contributed by atoms with Crippen molar-refractivity contribution >= 4 is 35.0 Å². The highest BCUT2D eigenvalue weighted by Crippen LogP contribution is 2.37. The summed E-state index contributed by atoms with van der Waals surface area (Å²) in [5.41, 5.74) is 2.17. The molecule has 1 aromatic heterocycles. The maximum Gasteiger partial charge on any atom is 0.341 e. The van der Waals surface area contributed by atoms with E-state index < -0.39 is 22.8 Å². The molecule has 0 unspecified atom stereocenters. The molecule has 150 valence electrons. The predicted octanol–water partition coefficient (Wildman–Crippen LogP) is 0.0274. The minimum Gasteiger partial charge on any atom is -0.492 e. The first-order valence-electron chi connectivity index (χ1n) is 7.82. The zero-order valence-electron chi connectivity index (χ0n) is 14.8. The van der Waals surface area contributed by atoms with Gasteiger partial charge < -0.3 is 31.0 Å². The first kappa shape index (κ1) is 22.5. The summed E-state index contributed by atoms with van der Waals surface area (Å²) in [7, 11) is 2.97. The fourth-order valence-corrected chi connectivity index (χ4v) is 3.12. The molecule has 5 N–H and O–H groups in total. The molecule has 11 heteroatoms. The molecule has 1 aromatic carbocycles. The van der Waals surface area contributed by atoms with Crippen LogP contribution in [0.4, 0.5) is 10.1 Å². The lowest BCUT2D eigenvalue weighted by Gasteiger charge is -2.31. The Kier molecular flexibility index (Phi) is 7.40. The first-order valence-corrected chi connectivity index (χ1v) is 7.82. The third-order valence-electron chi connectivity index (χ3n) is 4.28. The summed E-state index contributed by atoms with van der Waals surface area (Å²) in [5, 5.41) is 12.4. The third-order valence-corrected chi connectivity index (χ3v) is 4.28. The summed E-state index contributed by atoms with van der Waals surface area (Å²) in [4.78, 5) is 25.6. The zero-order valence-corrected chi connectivity index (χ0v) is 15.7. The third kappa shape index (κ3) is 3.77. The number of ether oxygens (including phenoxy) is 1. The van der Waals surface area contributed by atoms with Gasteiger partial charge in [-0.2, -0.15) is 0 Å². The number of nitrogens with one attached hydrogen (secondary N) is 2. The maximum absolute atomic E-state index is 14.8. The quantitative estimate of drug-likeness (QED) is 0.655. The predicted molar refractivity (Wildman–Crippen MR) is 103 cm³/mol. The maximum atomic E-state index is 14.8. The van der Waals surface area contributed by atoms with Gasteiger partial charge in [0, 0.05) is 39.4 Å².